The lowest BCUT2D eigenvalue weighted by atomic mass is 10.2. The van der Waals surface area contributed by atoms with Gasteiger partial charge >= 0.3 is 5.97 Å². The SMILES string of the molecule is Cc1ccc(Nc2nc(N)nc(COC(=O)[C@H]3CS[C@]4(C)CCC(=O)N34)n2)cc1. The highest BCUT2D eigenvalue weighted by Gasteiger charge is 2.53. The predicted octanol–water partition coefficient (Wildman–Crippen LogP) is 2.00. The fraction of sp³-hybridized carbons (Fsp3) is 0.421. The molecule has 0 radical (unpaired) electrons. The molecule has 3 N–H and O–H groups in total. The van der Waals surface area contributed by atoms with E-state index >= 15 is 0 Å². The zero-order chi connectivity index (χ0) is 20.6. The molecule has 2 fully saturated rings. The Labute approximate surface area is 172 Å². The number of thioether (sulfide) groups is 1. The van der Waals surface area contributed by atoms with Crippen molar-refractivity contribution in [3.8, 4) is 0 Å². The van der Waals surface area contributed by atoms with Gasteiger partial charge < -0.3 is 20.7 Å². The number of nitrogens with two attached hydrogens (primary N) is 1. The van der Waals surface area contributed by atoms with Gasteiger partial charge in [0.1, 0.15) is 6.04 Å². The van der Waals surface area contributed by atoms with Crippen molar-refractivity contribution >= 4 is 41.2 Å². The van der Waals surface area contributed by atoms with Crippen LogP contribution in [0.15, 0.2) is 24.3 Å². The molecule has 2 atom stereocenters. The number of ether oxygens (including phenoxy) is 1. The van der Waals surface area contributed by atoms with Gasteiger partial charge in [0.15, 0.2) is 12.4 Å². The molecule has 1 amide bonds. The molecular weight excluding hydrogens is 392 g/mol. The highest BCUT2D eigenvalue weighted by Crippen LogP contribution is 2.47. The first-order valence-corrected chi connectivity index (χ1v) is 10.3. The first-order valence-electron chi connectivity index (χ1n) is 9.31. The number of fused-ring (bicyclic) bond motifs is 1. The summed E-state index contributed by atoms with van der Waals surface area (Å²) in [5.74, 6) is 0.602. The average Bonchev–Trinajstić information content (AvgIpc) is 3.17. The second-order valence-electron chi connectivity index (χ2n) is 7.30. The number of aromatic nitrogens is 3. The normalized spacial score (nSPS) is 23.2. The van der Waals surface area contributed by atoms with E-state index in [-0.39, 0.29) is 35.1 Å². The Morgan fingerprint density at radius 1 is 1.34 bits per heavy atom. The van der Waals surface area contributed by atoms with Crippen molar-refractivity contribution in [2.24, 2.45) is 0 Å². The molecule has 0 saturated carbocycles. The third-order valence-corrected chi connectivity index (χ3v) is 6.57. The van der Waals surface area contributed by atoms with Gasteiger partial charge in [-0.15, -0.1) is 11.8 Å². The number of carbonyl (C=O) groups excluding carboxylic acids is 2. The Hall–Kier alpha value is -2.88. The van der Waals surface area contributed by atoms with Crippen molar-refractivity contribution in [2.75, 3.05) is 16.8 Å². The Morgan fingerprint density at radius 3 is 2.86 bits per heavy atom. The minimum atomic E-state index is -0.579. The molecule has 2 aromatic rings. The van der Waals surface area contributed by atoms with Gasteiger partial charge in [-0.05, 0) is 32.4 Å². The van der Waals surface area contributed by atoms with E-state index in [1.807, 2.05) is 38.1 Å². The van der Waals surface area contributed by atoms with E-state index < -0.39 is 12.0 Å². The molecule has 1 aromatic carbocycles. The van der Waals surface area contributed by atoms with Gasteiger partial charge in [0.05, 0.1) is 4.87 Å². The summed E-state index contributed by atoms with van der Waals surface area (Å²) < 4.78 is 5.41. The van der Waals surface area contributed by atoms with Crippen molar-refractivity contribution in [3.05, 3.63) is 35.7 Å². The molecule has 0 unspecified atom stereocenters. The van der Waals surface area contributed by atoms with E-state index in [0.29, 0.717) is 12.2 Å². The molecule has 0 aliphatic carbocycles. The third-order valence-electron chi connectivity index (χ3n) is 5.07. The van der Waals surface area contributed by atoms with Crippen LogP contribution in [0.25, 0.3) is 0 Å². The van der Waals surface area contributed by atoms with Gasteiger partial charge in [0.25, 0.3) is 0 Å². The summed E-state index contributed by atoms with van der Waals surface area (Å²) in [5, 5.41) is 3.06. The van der Waals surface area contributed by atoms with Crippen molar-refractivity contribution in [3.63, 3.8) is 0 Å². The Bertz CT molecular complexity index is 953. The molecular formula is C19H22N6O3S. The molecule has 4 rings (SSSR count). The third kappa shape index (κ3) is 3.98. The molecule has 0 spiro atoms. The minimum absolute atomic E-state index is 0.00607. The zero-order valence-corrected chi connectivity index (χ0v) is 17.0. The highest BCUT2D eigenvalue weighted by molar-refractivity contribution is 8.01. The van der Waals surface area contributed by atoms with E-state index in [4.69, 9.17) is 10.5 Å². The molecule has 29 heavy (non-hydrogen) atoms. The lowest BCUT2D eigenvalue weighted by Crippen LogP contribution is -2.46. The molecule has 3 heterocycles. The van der Waals surface area contributed by atoms with E-state index in [0.717, 1.165) is 17.7 Å². The number of hydrogen-bond donors (Lipinski definition) is 2. The topological polar surface area (TPSA) is 123 Å². The highest BCUT2D eigenvalue weighted by atomic mass is 32.2. The predicted molar refractivity (Wildman–Crippen MR) is 109 cm³/mol. The summed E-state index contributed by atoms with van der Waals surface area (Å²) in [6.07, 6.45) is 1.21. The maximum atomic E-state index is 12.6. The van der Waals surface area contributed by atoms with Crippen LogP contribution in [0.1, 0.15) is 31.2 Å². The number of nitrogens with zero attached hydrogens (tertiary/aromatic N) is 4. The largest absolute Gasteiger partial charge is 0.456 e. The lowest BCUT2D eigenvalue weighted by Gasteiger charge is -2.29. The van der Waals surface area contributed by atoms with E-state index in [9.17, 15) is 9.59 Å². The van der Waals surface area contributed by atoms with E-state index in [1.165, 1.54) is 0 Å². The Kier molecular flexibility index (Phi) is 5.03. The van der Waals surface area contributed by atoms with E-state index in [1.54, 1.807) is 16.7 Å². The van der Waals surface area contributed by atoms with Crippen LogP contribution in [0, 0.1) is 6.92 Å². The van der Waals surface area contributed by atoms with Gasteiger partial charge in [-0.1, -0.05) is 17.7 Å². The van der Waals surface area contributed by atoms with Crippen LogP contribution < -0.4 is 11.1 Å². The number of esters is 1. The number of hydrogen-bond acceptors (Lipinski definition) is 9. The first kappa shape index (κ1) is 19.4. The average molecular weight is 414 g/mol. The van der Waals surface area contributed by atoms with Crippen LogP contribution in [-0.2, 0) is 20.9 Å². The summed E-state index contributed by atoms with van der Waals surface area (Å²) in [6, 6.07) is 7.14. The molecule has 0 bridgehead atoms. The molecule has 152 valence electrons. The monoisotopic (exact) mass is 414 g/mol. The molecule has 9 nitrogen and oxygen atoms in total. The summed E-state index contributed by atoms with van der Waals surface area (Å²) in [7, 11) is 0. The number of anilines is 3. The van der Waals surface area contributed by atoms with Crippen LogP contribution >= 0.6 is 11.8 Å². The van der Waals surface area contributed by atoms with Gasteiger partial charge in [0.2, 0.25) is 17.8 Å². The standard InChI is InChI=1S/C19H22N6O3S/c1-11-3-5-12(6-4-11)21-18-23-14(22-17(20)24-18)9-28-16(27)13-10-29-19(2)8-7-15(26)25(13)19/h3-6,13H,7-10H2,1-2H3,(H3,20,21,22,23,24)/t13-,19-/m1/s1. The Balaban J connectivity index is 1.42. The number of nitrogen functional groups attached to an aromatic ring is 1. The Morgan fingerprint density at radius 2 is 2.10 bits per heavy atom. The summed E-state index contributed by atoms with van der Waals surface area (Å²) in [5.41, 5.74) is 7.71. The smallest absolute Gasteiger partial charge is 0.330 e. The lowest BCUT2D eigenvalue weighted by molar-refractivity contribution is -0.154. The molecule has 2 aliphatic rings. The maximum Gasteiger partial charge on any atom is 0.330 e. The second-order valence-corrected chi connectivity index (χ2v) is 8.80. The number of benzene rings is 1. The first-order chi connectivity index (χ1) is 13.8. The minimum Gasteiger partial charge on any atom is -0.456 e. The molecule has 2 saturated heterocycles. The van der Waals surface area contributed by atoms with Crippen LogP contribution in [0.3, 0.4) is 0 Å². The number of aryl methyl sites for hydroxylation is 1. The maximum absolute atomic E-state index is 12.6. The fourth-order valence-corrected chi connectivity index (χ4v) is 4.97. The van der Waals surface area contributed by atoms with Crippen LogP contribution in [0.2, 0.25) is 0 Å². The second kappa shape index (κ2) is 7.51. The summed E-state index contributed by atoms with van der Waals surface area (Å²) in [6.45, 7) is 3.85. The quantitative estimate of drug-likeness (QED) is 0.707. The van der Waals surface area contributed by atoms with Gasteiger partial charge in [-0.2, -0.15) is 15.0 Å². The summed E-state index contributed by atoms with van der Waals surface area (Å²) >= 11 is 1.62. The number of nitrogens with one attached hydrogen (secondary N) is 1. The molecule has 10 heteroatoms. The van der Waals surface area contributed by atoms with Gasteiger partial charge in [0, 0.05) is 17.9 Å². The molecule has 2 aliphatic heterocycles. The van der Waals surface area contributed by atoms with Crippen LogP contribution in [0.5, 0.6) is 0 Å². The molecule has 1 aromatic heterocycles. The summed E-state index contributed by atoms with van der Waals surface area (Å²) in [4.78, 5) is 38.5. The van der Waals surface area contributed by atoms with Crippen molar-refractivity contribution in [1.29, 1.82) is 0 Å². The van der Waals surface area contributed by atoms with E-state index in [2.05, 4.69) is 20.3 Å². The van der Waals surface area contributed by atoms with Gasteiger partial charge in [-0.3, -0.25) is 4.79 Å². The number of rotatable bonds is 5. The number of carbonyl (C=O) groups is 2. The fourth-order valence-electron chi connectivity index (χ4n) is 3.55. The van der Waals surface area contributed by atoms with Crippen molar-refractivity contribution in [2.45, 2.75) is 44.2 Å². The van der Waals surface area contributed by atoms with Crippen LogP contribution in [0.4, 0.5) is 17.6 Å². The van der Waals surface area contributed by atoms with Crippen LogP contribution in [-0.4, -0.2) is 48.4 Å². The van der Waals surface area contributed by atoms with Crippen molar-refractivity contribution < 1.29 is 14.3 Å². The zero-order valence-electron chi connectivity index (χ0n) is 16.2. The number of amides is 1. The van der Waals surface area contributed by atoms with Crippen molar-refractivity contribution in [1.82, 2.24) is 19.9 Å². The van der Waals surface area contributed by atoms with Gasteiger partial charge in [-0.25, -0.2) is 4.79 Å².